The predicted molar refractivity (Wildman–Crippen MR) is 146 cm³/mol. The first-order chi connectivity index (χ1) is 19.9. The molecule has 0 aliphatic carbocycles. The molecule has 18 N–H and O–H groups in total. The number of nitrogens with two attached hydrogens (primary N) is 8. The van der Waals surface area contributed by atoms with Crippen LogP contribution in [0.1, 0.15) is 25.7 Å². The molecule has 6 atom stereocenters. The molecule has 1 rings (SSSR count). The predicted octanol–water partition coefficient (Wildman–Crippen LogP) is -7.17. The number of aliphatic imine (C=N–C) groups is 1. The monoisotopic (exact) mass is 614 g/mol. The minimum absolute atomic E-state index is 0.0219. The number of carboxylic acids is 2. The summed E-state index contributed by atoms with van der Waals surface area (Å²) < 4.78 is 0. The van der Waals surface area contributed by atoms with E-state index >= 15 is 0 Å². The molecule has 0 radical (unpaired) electrons. The summed E-state index contributed by atoms with van der Waals surface area (Å²) in [6.45, 7) is -3.28. The SMILES string of the molecule is NCC(=O)C1CN(C(=O)C(N)CC(N)=O)C(C(=O)O)(C(=O)C(N)CC(=O)O)C1(C(=O)CN)C(=O)C(N)CCCN=C(N)N. The Morgan fingerprint density at radius 1 is 0.837 bits per heavy atom. The van der Waals surface area contributed by atoms with Gasteiger partial charge in [-0.2, -0.15) is 0 Å². The van der Waals surface area contributed by atoms with Crippen molar-refractivity contribution < 1.29 is 48.6 Å². The van der Waals surface area contributed by atoms with E-state index in [0.29, 0.717) is 0 Å². The summed E-state index contributed by atoms with van der Waals surface area (Å²) in [6.07, 6.45) is -2.48. The van der Waals surface area contributed by atoms with E-state index in [1.807, 2.05) is 0 Å². The number of nitrogens with zero attached hydrogens (tertiary/aromatic N) is 2. The number of hydrogen-bond acceptors (Lipinski definition) is 14. The largest absolute Gasteiger partial charge is 0.481 e. The standard InChI is InChI=1S/C23H38N10O10/c24-6-13(34)9-8-33(19(41)12(28)4-15(29)36)23(20(42)43,18(40)11(27)5-16(37)38)22(9,14(35)7-25)17(39)10(26)2-1-3-32-21(30)31/h9-12H,1-8,24-28H2,(H2,29,36)(H,37,38)(H,42,43)(H4,30,31,32). The number of likely N-dealkylation sites (tertiary alicyclic amines) is 1. The van der Waals surface area contributed by atoms with E-state index in [2.05, 4.69) is 4.99 Å². The van der Waals surface area contributed by atoms with Gasteiger partial charge < -0.3 is 61.0 Å². The van der Waals surface area contributed by atoms with Gasteiger partial charge in [-0.05, 0) is 12.8 Å². The Labute approximate surface area is 244 Å². The number of aliphatic carboxylic acids is 2. The van der Waals surface area contributed by atoms with Crippen molar-refractivity contribution in [2.75, 3.05) is 26.2 Å². The summed E-state index contributed by atoms with van der Waals surface area (Å²) in [5.41, 5.74) is 37.4. The van der Waals surface area contributed by atoms with Crippen LogP contribution in [0, 0.1) is 11.3 Å². The zero-order valence-electron chi connectivity index (χ0n) is 23.1. The van der Waals surface area contributed by atoms with Crippen molar-refractivity contribution in [1.29, 1.82) is 0 Å². The van der Waals surface area contributed by atoms with Crippen molar-refractivity contribution in [1.82, 2.24) is 4.90 Å². The Hall–Kier alpha value is -4.37. The summed E-state index contributed by atoms with van der Waals surface area (Å²) in [5, 5.41) is 20.0. The van der Waals surface area contributed by atoms with Crippen molar-refractivity contribution in [2.45, 2.75) is 49.3 Å². The third-order valence-electron chi connectivity index (χ3n) is 7.17. The van der Waals surface area contributed by atoms with Crippen LogP contribution < -0.4 is 45.9 Å². The van der Waals surface area contributed by atoms with Crippen molar-refractivity contribution >= 4 is 52.8 Å². The van der Waals surface area contributed by atoms with E-state index in [1.165, 1.54) is 0 Å². The molecular formula is C23H38N10O10. The quantitative estimate of drug-likeness (QED) is 0.0296. The van der Waals surface area contributed by atoms with E-state index < -0.39 is 114 Å². The lowest BCUT2D eigenvalue weighted by Crippen LogP contribution is -2.76. The molecule has 1 heterocycles. The van der Waals surface area contributed by atoms with Crippen molar-refractivity contribution in [2.24, 2.45) is 62.2 Å². The highest BCUT2D eigenvalue weighted by Gasteiger charge is 2.80. The third kappa shape index (κ3) is 6.83. The highest BCUT2D eigenvalue weighted by molar-refractivity contribution is 6.28. The molecule has 43 heavy (non-hydrogen) atoms. The van der Waals surface area contributed by atoms with Crippen LogP contribution in [0.25, 0.3) is 0 Å². The van der Waals surface area contributed by atoms with E-state index in [1.54, 1.807) is 0 Å². The highest BCUT2D eigenvalue weighted by atomic mass is 16.4. The van der Waals surface area contributed by atoms with Crippen molar-refractivity contribution in [3.63, 3.8) is 0 Å². The van der Waals surface area contributed by atoms with Crippen LogP contribution in [0.4, 0.5) is 0 Å². The Morgan fingerprint density at radius 2 is 1.42 bits per heavy atom. The maximum atomic E-state index is 14.3. The first kappa shape index (κ1) is 36.7. The molecule has 1 aliphatic rings. The molecule has 0 aromatic heterocycles. The number of carboxylic acid groups (broad SMARTS) is 2. The Bertz CT molecular complexity index is 1210. The molecule has 6 unspecified atom stereocenters. The second-order valence-corrected chi connectivity index (χ2v) is 9.89. The lowest BCUT2D eigenvalue weighted by molar-refractivity contribution is -0.177. The summed E-state index contributed by atoms with van der Waals surface area (Å²) in [7, 11) is 0. The molecule has 20 heteroatoms. The number of carbonyl (C=O) groups excluding carboxylic acids is 6. The molecule has 1 saturated heterocycles. The molecule has 240 valence electrons. The van der Waals surface area contributed by atoms with Crippen molar-refractivity contribution in [3.05, 3.63) is 0 Å². The molecule has 0 spiro atoms. The summed E-state index contributed by atoms with van der Waals surface area (Å²) in [4.78, 5) is 109. The fourth-order valence-corrected chi connectivity index (χ4v) is 5.42. The molecule has 0 aromatic carbocycles. The Morgan fingerprint density at radius 3 is 1.86 bits per heavy atom. The number of hydrogen-bond donors (Lipinski definition) is 10. The van der Waals surface area contributed by atoms with Gasteiger partial charge in [0.2, 0.25) is 17.4 Å². The van der Waals surface area contributed by atoms with Crippen LogP contribution in [0.3, 0.4) is 0 Å². The highest BCUT2D eigenvalue weighted by Crippen LogP contribution is 2.53. The van der Waals surface area contributed by atoms with Gasteiger partial charge >= 0.3 is 11.9 Å². The molecule has 0 saturated carbocycles. The molecule has 1 fully saturated rings. The average molecular weight is 615 g/mol. The fraction of sp³-hybridized carbons (Fsp3) is 0.609. The molecule has 0 aromatic rings. The second-order valence-electron chi connectivity index (χ2n) is 9.89. The normalized spacial score (nSPS) is 23.5. The van der Waals surface area contributed by atoms with Crippen LogP contribution >= 0.6 is 0 Å². The zero-order valence-corrected chi connectivity index (χ0v) is 23.1. The lowest BCUT2D eigenvalue weighted by Gasteiger charge is -2.46. The van der Waals surface area contributed by atoms with E-state index in [9.17, 15) is 48.6 Å². The van der Waals surface area contributed by atoms with Crippen molar-refractivity contribution in [3.8, 4) is 0 Å². The van der Waals surface area contributed by atoms with Gasteiger partial charge in [0.25, 0.3) is 0 Å². The van der Waals surface area contributed by atoms with Gasteiger partial charge in [0.1, 0.15) is 5.41 Å². The molecule has 20 nitrogen and oxygen atoms in total. The van der Waals surface area contributed by atoms with Gasteiger partial charge in [-0.15, -0.1) is 0 Å². The van der Waals surface area contributed by atoms with Crippen LogP contribution in [0.5, 0.6) is 0 Å². The summed E-state index contributed by atoms with van der Waals surface area (Å²) in [6, 6.07) is -6.01. The van der Waals surface area contributed by atoms with E-state index in [4.69, 9.17) is 45.9 Å². The van der Waals surface area contributed by atoms with Gasteiger partial charge in [-0.1, -0.05) is 0 Å². The number of primary amides is 1. The zero-order chi connectivity index (χ0) is 33.4. The first-order valence-corrected chi connectivity index (χ1v) is 12.8. The van der Waals surface area contributed by atoms with Gasteiger partial charge in [0, 0.05) is 13.1 Å². The van der Waals surface area contributed by atoms with Crippen LogP contribution in [-0.4, -0.2) is 118 Å². The Kier molecular flexibility index (Phi) is 12.5. The average Bonchev–Trinajstić information content (AvgIpc) is 3.25. The van der Waals surface area contributed by atoms with Gasteiger partial charge in [-0.3, -0.25) is 38.6 Å². The molecule has 2 amide bonds. The van der Waals surface area contributed by atoms with Gasteiger partial charge in [0.05, 0.1) is 50.0 Å². The molecule has 1 aliphatic heterocycles. The van der Waals surface area contributed by atoms with E-state index in [-0.39, 0.29) is 30.2 Å². The minimum atomic E-state index is -3.71. The fourth-order valence-electron chi connectivity index (χ4n) is 5.42. The molecular weight excluding hydrogens is 576 g/mol. The second kappa shape index (κ2) is 14.7. The van der Waals surface area contributed by atoms with Crippen LogP contribution in [0.15, 0.2) is 4.99 Å². The summed E-state index contributed by atoms with van der Waals surface area (Å²) in [5.74, 6) is -15.1. The minimum Gasteiger partial charge on any atom is -0.481 e. The van der Waals surface area contributed by atoms with E-state index in [0.717, 1.165) is 0 Å². The maximum absolute atomic E-state index is 14.3. The lowest BCUT2D eigenvalue weighted by atomic mass is 9.55. The number of carbonyl (C=O) groups is 8. The topological polar surface area (TPSA) is 401 Å². The maximum Gasteiger partial charge on any atom is 0.339 e. The number of Topliss-reactive ketones (excluding diaryl/α,β-unsaturated/α-hetero) is 4. The van der Waals surface area contributed by atoms with Gasteiger partial charge in [0.15, 0.2) is 29.1 Å². The van der Waals surface area contributed by atoms with Gasteiger partial charge in [-0.25, -0.2) is 4.79 Å². The number of rotatable bonds is 18. The van der Waals surface area contributed by atoms with Crippen LogP contribution in [0.2, 0.25) is 0 Å². The Balaban J connectivity index is 4.28. The summed E-state index contributed by atoms with van der Waals surface area (Å²) >= 11 is 0. The number of guanidine groups is 1. The smallest absolute Gasteiger partial charge is 0.339 e. The van der Waals surface area contributed by atoms with Crippen LogP contribution in [-0.2, 0) is 38.4 Å². The number of amides is 2. The number of ketones is 4. The third-order valence-corrected chi connectivity index (χ3v) is 7.17. The molecule has 0 bridgehead atoms. The first-order valence-electron chi connectivity index (χ1n) is 12.8.